The molecule has 1 N–H and O–H groups in total. The minimum absolute atomic E-state index is 0.162. The summed E-state index contributed by atoms with van der Waals surface area (Å²) in [5, 5.41) is 2.81. The highest BCUT2D eigenvalue weighted by Crippen LogP contribution is 2.18. The Labute approximate surface area is 142 Å². The fourth-order valence-corrected chi connectivity index (χ4v) is 2.76. The molecule has 0 aliphatic carbocycles. The fourth-order valence-electron chi connectivity index (χ4n) is 2.76. The Morgan fingerprint density at radius 1 is 1.04 bits per heavy atom. The Balaban J connectivity index is 1.57. The third-order valence-corrected chi connectivity index (χ3v) is 4.13. The van der Waals surface area contributed by atoms with E-state index in [9.17, 15) is 4.79 Å². The van der Waals surface area contributed by atoms with Crippen LogP contribution in [0.2, 0.25) is 0 Å². The van der Waals surface area contributed by atoms with Crippen molar-refractivity contribution < 1.29 is 4.79 Å². The average molecular weight is 325 g/mol. The molecule has 1 aromatic carbocycles. The second-order valence-corrected chi connectivity index (χ2v) is 5.83. The lowest BCUT2D eigenvalue weighted by atomic mass is 10.2. The number of aromatic nitrogens is 2. The normalized spacial score (nSPS) is 14.5. The van der Waals surface area contributed by atoms with E-state index < -0.39 is 0 Å². The van der Waals surface area contributed by atoms with Crippen molar-refractivity contribution >= 4 is 17.4 Å². The molecule has 6 heteroatoms. The van der Waals surface area contributed by atoms with Crippen LogP contribution in [-0.4, -0.2) is 48.6 Å². The van der Waals surface area contributed by atoms with E-state index in [-0.39, 0.29) is 5.91 Å². The molecule has 0 spiro atoms. The zero-order valence-corrected chi connectivity index (χ0v) is 14.0. The monoisotopic (exact) mass is 325 g/mol. The number of hydrogen-bond donors (Lipinski definition) is 1. The minimum Gasteiger partial charge on any atom is -0.368 e. The van der Waals surface area contributed by atoms with Crippen molar-refractivity contribution in [1.82, 2.24) is 15.3 Å². The number of piperazine rings is 1. The van der Waals surface area contributed by atoms with Crippen LogP contribution in [0, 0.1) is 0 Å². The summed E-state index contributed by atoms with van der Waals surface area (Å²) in [5.41, 5.74) is 1.63. The maximum Gasteiger partial charge on any atom is 0.271 e. The van der Waals surface area contributed by atoms with Crippen molar-refractivity contribution in [2.24, 2.45) is 0 Å². The second-order valence-electron chi connectivity index (χ2n) is 5.83. The highest BCUT2D eigenvalue weighted by Gasteiger charge is 2.19. The van der Waals surface area contributed by atoms with Gasteiger partial charge in [0.1, 0.15) is 11.5 Å². The molecule has 6 nitrogen and oxygen atoms in total. The maximum absolute atomic E-state index is 11.9. The molecule has 1 fully saturated rings. The number of nitrogens with one attached hydrogen (secondary N) is 1. The van der Waals surface area contributed by atoms with Crippen molar-refractivity contribution in [1.29, 1.82) is 0 Å². The quantitative estimate of drug-likeness (QED) is 0.910. The number of hydrogen-bond acceptors (Lipinski definition) is 5. The van der Waals surface area contributed by atoms with E-state index in [1.165, 1.54) is 5.69 Å². The topological polar surface area (TPSA) is 61.4 Å². The van der Waals surface area contributed by atoms with Gasteiger partial charge < -0.3 is 15.1 Å². The molecule has 1 aliphatic heterocycles. The molecular weight excluding hydrogens is 302 g/mol. The van der Waals surface area contributed by atoms with Crippen LogP contribution in [0.15, 0.2) is 42.7 Å². The van der Waals surface area contributed by atoms with E-state index in [1.54, 1.807) is 12.4 Å². The van der Waals surface area contributed by atoms with Crippen LogP contribution in [0.5, 0.6) is 0 Å². The number of amides is 1. The summed E-state index contributed by atoms with van der Waals surface area (Å²) in [4.78, 5) is 25.1. The number of carbonyl (C=O) groups is 1. The predicted molar refractivity (Wildman–Crippen MR) is 95.5 cm³/mol. The predicted octanol–water partition coefficient (Wildman–Crippen LogP) is 1.94. The molecule has 126 valence electrons. The van der Waals surface area contributed by atoms with E-state index in [4.69, 9.17) is 0 Å². The summed E-state index contributed by atoms with van der Waals surface area (Å²) < 4.78 is 0. The molecule has 0 atom stereocenters. The molecule has 0 unspecified atom stereocenters. The van der Waals surface area contributed by atoms with E-state index in [0.717, 1.165) is 38.4 Å². The van der Waals surface area contributed by atoms with Crippen LogP contribution >= 0.6 is 0 Å². The van der Waals surface area contributed by atoms with Gasteiger partial charge in [-0.2, -0.15) is 0 Å². The molecule has 1 aliphatic rings. The van der Waals surface area contributed by atoms with Gasteiger partial charge in [-0.05, 0) is 18.6 Å². The molecule has 1 saturated heterocycles. The fraction of sp³-hybridized carbons (Fsp3) is 0.389. The summed E-state index contributed by atoms with van der Waals surface area (Å²) in [6.07, 6.45) is 4.16. The van der Waals surface area contributed by atoms with Crippen LogP contribution < -0.4 is 15.1 Å². The van der Waals surface area contributed by atoms with Crippen LogP contribution in [0.25, 0.3) is 0 Å². The first-order valence-corrected chi connectivity index (χ1v) is 8.43. The molecule has 0 saturated carbocycles. The van der Waals surface area contributed by atoms with Crippen LogP contribution in [-0.2, 0) is 0 Å². The summed E-state index contributed by atoms with van der Waals surface area (Å²) in [6, 6.07) is 10.4. The van der Waals surface area contributed by atoms with E-state index in [1.807, 2.05) is 13.0 Å². The lowest BCUT2D eigenvalue weighted by molar-refractivity contribution is 0.0948. The van der Waals surface area contributed by atoms with Crippen molar-refractivity contribution in [2.75, 3.05) is 42.5 Å². The summed E-state index contributed by atoms with van der Waals surface area (Å²) in [5.74, 6) is 0.666. The summed E-state index contributed by atoms with van der Waals surface area (Å²) in [6.45, 7) is 6.36. The van der Waals surface area contributed by atoms with Gasteiger partial charge in [0.25, 0.3) is 5.91 Å². The SMILES string of the molecule is CCCNC(=O)c1cnc(N2CCN(c3ccccc3)CC2)cn1. The minimum atomic E-state index is -0.162. The molecule has 3 rings (SSSR count). The Hall–Kier alpha value is -2.63. The van der Waals surface area contributed by atoms with Gasteiger partial charge in [0.05, 0.1) is 12.4 Å². The number of para-hydroxylation sites is 1. The van der Waals surface area contributed by atoms with Crippen molar-refractivity contribution in [2.45, 2.75) is 13.3 Å². The van der Waals surface area contributed by atoms with Crippen molar-refractivity contribution in [3.63, 3.8) is 0 Å². The summed E-state index contributed by atoms with van der Waals surface area (Å²) >= 11 is 0. The maximum atomic E-state index is 11.9. The van der Waals surface area contributed by atoms with Crippen LogP contribution in [0.3, 0.4) is 0 Å². The lowest BCUT2D eigenvalue weighted by Crippen LogP contribution is -2.46. The van der Waals surface area contributed by atoms with Crippen LogP contribution in [0.1, 0.15) is 23.8 Å². The Kier molecular flexibility index (Phi) is 5.25. The highest BCUT2D eigenvalue weighted by molar-refractivity contribution is 5.91. The third kappa shape index (κ3) is 3.82. The molecule has 0 bridgehead atoms. The number of benzene rings is 1. The van der Waals surface area contributed by atoms with Crippen molar-refractivity contribution in [3.05, 3.63) is 48.4 Å². The molecule has 2 heterocycles. The van der Waals surface area contributed by atoms with Gasteiger partial charge in [0.15, 0.2) is 0 Å². The van der Waals surface area contributed by atoms with Crippen LogP contribution in [0.4, 0.5) is 11.5 Å². The number of rotatable bonds is 5. The van der Waals surface area contributed by atoms with Gasteiger partial charge >= 0.3 is 0 Å². The lowest BCUT2D eigenvalue weighted by Gasteiger charge is -2.36. The standard InChI is InChI=1S/C18H23N5O/c1-2-8-19-18(24)16-13-21-17(14-20-16)23-11-9-22(10-12-23)15-6-4-3-5-7-15/h3-7,13-14H,2,8-12H2,1H3,(H,19,24). The second kappa shape index (κ2) is 7.77. The first kappa shape index (κ1) is 16.2. The first-order chi connectivity index (χ1) is 11.8. The van der Waals surface area contributed by atoms with Gasteiger partial charge in [0, 0.05) is 38.4 Å². The van der Waals surface area contributed by atoms with Gasteiger partial charge in [-0.1, -0.05) is 25.1 Å². The molecule has 2 aromatic rings. The first-order valence-electron chi connectivity index (χ1n) is 8.43. The molecule has 1 aromatic heterocycles. The number of carbonyl (C=O) groups excluding carboxylic acids is 1. The van der Waals surface area contributed by atoms with E-state index >= 15 is 0 Å². The van der Waals surface area contributed by atoms with Gasteiger partial charge in [-0.25, -0.2) is 9.97 Å². The van der Waals surface area contributed by atoms with Gasteiger partial charge in [0.2, 0.25) is 0 Å². The number of nitrogens with zero attached hydrogens (tertiary/aromatic N) is 4. The zero-order valence-electron chi connectivity index (χ0n) is 14.0. The smallest absolute Gasteiger partial charge is 0.271 e. The highest BCUT2D eigenvalue weighted by atomic mass is 16.1. The third-order valence-electron chi connectivity index (χ3n) is 4.13. The molecule has 24 heavy (non-hydrogen) atoms. The van der Waals surface area contributed by atoms with Gasteiger partial charge in [-0.15, -0.1) is 0 Å². The van der Waals surface area contributed by atoms with Crippen molar-refractivity contribution in [3.8, 4) is 0 Å². The zero-order chi connectivity index (χ0) is 16.8. The molecule has 1 amide bonds. The van der Waals surface area contributed by atoms with Gasteiger partial charge in [-0.3, -0.25) is 4.79 Å². The molecule has 0 radical (unpaired) electrons. The summed E-state index contributed by atoms with van der Waals surface area (Å²) in [7, 11) is 0. The van der Waals surface area contributed by atoms with E-state index in [0.29, 0.717) is 12.2 Å². The molecular formula is C18H23N5O. The Morgan fingerprint density at radius 3 is 2.38 bits per heavy atom. The Morgan fingerprint density at radius 2 is 1.75 bits per heavy atom. The number of anilines is 2. The average Bonchev–Trinajstić information content (AvgIpc) is 2.67. The largest absolute Gasteiger partial charge is 0.368 e. The van der Waals surface area contributed by atoms with E-state index in [2.05, 4.69) is 49.4 Å². The Bertz CT molecular complexity index is 651.